The Hall–Kier alpha value is -0.840. The molecule has 0 atom stereocenters. The van der Waals surface area contributed by atoms with Crippen LogP contribution >= 0.6 is 15.9 Å². The fourth-order valence-electron chi connectivity index (χ4n) is 1.64. The number of hydrogen-bond donors (Lipinski definition) is 1. The molecule has 0 aromatic carbocycles. The molecule has 0 bridgehead atoms. The van der Waals surface area contributed by atoms with E-state index in [-0.39, 0.29) is 0 Å². The van der Waals surface area contributed by atoms with E-state index in [1.807, 2.05) is 6.92 Å². The van der Waals surface area contributed by atoms with Crippen LogP contribution in [0.1, 0.15) is 25.3 Å². The van der Waals surface area contributed by atoms with Gasteiger partial charge in [0.25, 0.3) is 0 Å². The van der Waals surface area contributed by atoms with Crippen molar-refractivity contribution in [1.82, 2.24) is 9.78 Å². The first-order valence-electron chi connectivity index (χ1n) is 4.57. The van der Waals surface area contributed by atoms with Crippen LogP contribution in [0.5, 0.6) is 0 Å². The van der Waals surface area contributed by atoms with Crippen LogP contribution < -0.4 is 0 Å². The number of aryl methyl sites for hydroxylation is 1. The van der Waals surface area contributed by atoms with Crippen LogP contribution in [0, 0.1) is 0 Å². The second kappa shape index (κ2) is 3.08. The average molecular weight is 259 g/mol. The normalized spacial score (nSPS) is 18.1. The van der Waals surface area contributed by atoms with E-state index in [1.165, 1.54) is 0 Å². The lowest BCUT2D eigenvalue weighted by Gasteiger charge is -2.07. The van der Waals surface area contributed by atoms with E-state index in [2.05, 4.69) is 21.0 Å². The summed E-state index contributed by atoms with van der Waals surface area (Å²) in [5, 5.41) is 13.2. The monoisotopic (exact) mass is 258 g/mol. The van der Waals surface area contributed by atoms with E-state index in [9.17, 15) is 4.79 Å². The van der Waals surface area contributed by atoms with Gasteiger partial charge in [0.15, 0.2) is 0 Å². The van der Waals surface area contributed by atoms with E-state index in [4.69, 9.17) is 5.11 Å². The zero-order chi connectivity index (χ0) is 10.3. The lowest BCUT2D eigenvalue weighted by molar-refractivity contribution is -0.140. The van der Waals surface area contributed by atoms with Crippen LogP contribution in [0.25, 0.3) is 0 Å². The molecule has 1 N–H and O–H groups in total. The van der Waals surface area contributed by atoms with Crippen molar-refractivity contribution in [2.45, 2.75) is 31.7 Å². The average Bonchev–Trinajstić information content (AvgIpc) is 2.87. The SMILES string of the molecule is CCn1ncc(C2(C(=O)O)CC2)c1Br. The Morgan fingerprint density at radius 2 is 2.43 bits per heavy atom. The number of aromatic nitrogens is 2. The zero-order valence-corrected chi connectivity index (χ0v) is 9.41. The second-order valence-corrected chi connectivity index (χ2v) is 4.30. The topological polar surface area (TPSA) is 55.1 Å². The highest BCUT2D eigenvalue weighted by atomic mass is 79.9. The Labute approximate surface area is 90.0 Å². The molecular weight excluding hydrogens is 248 g/mol. The van der Waals surface area contributed by atoms with Crippen molar-refractivity contribution in [2.24, 2.45) is 0 Å². The number of carboxylic acids is 1. The molecule has 14 heavy (non-hydrogen) atoms. The van der Waals surface area contributed by atoms with Crippen LogP contribution in [0.2, 0.25) is 0 Å². The van der Waals surface area contributed by atoms with Crippen molar-refractivity contribution in [3.63, 3.8) is 0 Å². The van der Waals surface area contributed by atoms with Crippen molar-refractivity contribution < 1.29 is 9.90 Å². The number of rotatable bonds is 3. The van der Waals surface area contributed by atoms with Crippen molar-refractivity contribution in [3.05, 3.63) is 16.4 Å². The van der Waals surface area contributed by atoms with Crippen LogP contribution in [-0.4, -0.2) is 20.9 Å². The summed E-state index contributed by atoms with van der Waals surface area (Å²) < 4.78 is 2.57. The molecule has 1 aromatic rings. The van der Waals surface area contributed by atoms with Crippen molar-refractivity contribution in [3.8, 4) is 0 Å². The van der Waals surface area contributed by atoms with Gasteiger partial charge in [0.1, 0.15) is 4.60 Å². The molecule has 0 amide bonds. The first-order chi connectivity index (χ1) is 6.62. The molecule has 1 aliphatic carbocycles. The molecule has 1 heterocycles. The maximum absolute atomic E-state index is 11.1. The maximum Gasteiger partial charge on any atom is 0.314 e. The van der Waals surface area contributed by atoms with Gasteiger partial charge in [-0.05, 0) is 35.7 Å². The third-order valence-corrected chi connectivity index (χ3v) is 3.59. The minimum Gasteiger partial charge on any atom is -0.481 e. The molecule has 1 fully saturated rings. The Morgan fingerprint density at radius 3 is 2.79 bits per heavy atom. The summed E-state index contributed by atoms with van der Waals surface area (Å²) in [6.07, 6.45) is 3.10. The summed E-state index contributed by atoms with van der Waals surface area (Å²) >= 11 is 3.39. The van der Waals surface area contributed by atoms with Gasteiger partial charge in [-0.1, -0.05) is 0 Å². The van der Waals surface area contributed by atoms with Crippen molar-refractivity contribution in [1.29, 1.82) is 0 Å². The lowest BCUT2D eigenvalue weighted by Crippen LogP contribution is -2.19. The van der Waals surface area contributed by atoms with Gasteiger partial charge in [-0.25, -0.2) is 0 Å². The minimum absolute atomic E-state index is 0.660. The van der Waals surface area contributed by atoms with E-state index < -0.39 is 11.4 Å². The van der Waals surface area contributed by atoms with E-state index >= 15 is 0 Å². The van der Waals surface area contributed by atoms with E-state index in [0.717, 1.165) is 29.6 Å². The molecule has 0 aliphatic heterocycles. The molecule has 76 valence electrons. The molecule has 1 saturated carbocycles. The van der Waals surface area contributed by atoms with Gasteiger partial charge in [-0.2, -0.15) is 5.10 Å². The number of carbonyl (C=O) groups is 1. The summed E-state index contributed by atoms with van der Waals surface area (Å²) in [7, 11) is 0. The highest BCUT2D eigenvalue weighted by Crippen LogP contribution is 2.50. The lowest BCUT2D eigenvalue weighted by atomic mass is 10.0. The molecule has 0 spiro atoms. The fourth-order valence-corrected chi connectivity index (χ4v) is 2.46. The third-order valence-electron chi connectivity index (χ3n) is 2.75. The van der Waals surface area contributed by atoms with Crippen LogP contribution in [-0.2, 0) is 16.8 Å². The molecule has 2 rings (SSSR count). The summed E-state index contributed by atoms with van der Waals surface area (Å²) in [6, 6.07) is 0. The smallest absolute Gasteiger partial charge is 0.314 e. The Morgan fingerprint density at radius 1 is 1.79 bits per heavy atom. The number of aliphatic carboxylic acids is 1. The zero-order valence-electron chi connectivity index (χ0n) is 7.83. The van der Waals surface area contributed by atoms with Gasteiger partial charge in [-0.3, -0.25) is 9.48 Å². The molecule has 5 heteroatoms. The molecule has 0 unspecified atom stereocenters. The van der Waals surface area contributed by atoms with Crippen molar-refractivity contribution >= 4 is 21.9 Å². The molecule has 4 nitrogen and oxygen atoms in total. The first kappa shape index (κ1) is 9.71. The third kappa shape index (κ3) is 1.19. The molecule has 0 radical (unpaired) electrons. The highest BCUT2D eigenvalue weighted by molar-refractivity contribution is 9.10. The predicted octanol–water partition coefficient (Wildman–Crippen LogP) is 1.78. The van der Waals surface area contributed by atoms with Gasteiger partial charge in [0.05, 0.1) is 11.6 Å². The number of carboxylic acid groups (broad SMARTS) is 1. The Bertz CT molecular complexity index is 382. The summed E-state index contributed by atoms with van der Waals surface area (Å²) in [5.41, 5.74) is 0.151. The summed E-state index contributed by atoms with van der Waals surface area (Å²) in [6.45, 7) is 2.72. The van der Waals surface area contributed by atoms with Gasteiger partial charge < -0.3 is 5.11 Å². The van der Waals surface area contributed by atoms with Crippen LogP contribution in [0.3, 0.4) is 0 Å². The molecular formula is C9H11BrN2O2. The maximum atomic E-state index is 11.1. The van der Waals surface area contributed by atoms with E-state index in [0.29, 0.717) is 0 Å². The summed E-state index contributed by atoms with van der Waals surface area (Å²) in [5.74, 6) is -0.742. The summed E-state index contributed by atoms with van der Waals surface area (Å²) in [4.78, 5) is 11.1. The Kier molecular flexibility index (Phi) is 2.14. The Balaban J connectivity index is 2.42. The second-order valence-electron chi connectivity index (χ2n) is 3.55. The highest BCUT2D eigenvalue weighted by Gasteiger charge is 2.53. The predicted molar refractivity (Wildman–Crippen MR) is 54.1 cm³/mol. The number of halogens is 1. The molecule has 1 aromatic heterocycles. The van der Waals surface area contributed by atoms with Gasteiger partial charge in [-0.15, -0.1) is 0 Å². The van der Waals surface area contributed by atoms with Crippen LogP contribution in [0.4, 0.5) is 0 Å². The van der Waals surface area contributed by atoms with Crippen molar-refractivity contribution in [2.75, 3.05) is 0 Å². The largest absolute Gasteiger partial charge is 0.481 e. The number of nitrogens with zero attached hydrogens (tertiary/aromatic N) is 2. The van der Waals surface area contributed by atoms with Gasteiger partial charge in [0.2, 0.25) is 0 Å². The fraction of sp³-hybridized carbons (Fsp3) is 0.556. The quantitative estimate of drug-likeness (QED) is 0.900. The number of hydrogen-bond acceptors (Lipinski definition) is 2. The van der Waals surface area contributed by atoms with E-state index in [1.54, 1.807) is 10.9 Å². The minimum atomic E-state index is -0.742. The molecule has 1 aliphatic rings. The van der Waals surface area contributed by atoms with Gasteiger partial charge >= 0.3 is 5.97 Å². The molecule has 0 saturated heterocycles. The van der Waals surface area contributed by atoms with Gasteiger partial charge in [0, 0.05) is 12.1 Å². The van der Waals surface area contributed by atoms with Crippen LogP contribution in [0.15, 0.2) is 10.8 Å². The first-order valence-corrected chi connectivity index (χ1v) is 5.36. The standard InChI is InChI=1S/C9H11BrN2O2/c1-2-12-7(10)6(5-11-12)9(3-4-9)8(13)14/h5H,2-4H2,1H3,(H,13,14).